The normalized spacial score (nSPS) is 15.4. The Labute approximate surface area is 120 Å². The molecule has 0 aliphatic heterocycles. The minimum absolute atomic E-state index is 0. The van der Waals surface area contributed by atoms with Crippen molar-refractivity contribution in [1.82, 2.24) is 4.98 Å². The van der Waals surface area contributed by atoms with E-state index in [-0.39, 0.29) is 18.3 Å². The second kappa shape index (κ2) is 8.00. The van der Waals surface area contributed by atoms with Crippen LogP contribution in [-0.2, 0) is 4.79 Å². The van der Waals surface area contributed by atoms with E-state index < -0.39 is 0 Å². The van der Waals surface area contributed by atoms with Gasteiger partial charge in [0.2, 0.25) is 5.91 Å². The zero-order chi connectivity index (χ0) is 12.8. The number of rotatable bonds is 4. The van der Waals surface area contributed by atoms with Gasteiger partial charge in [0.15, 0.2) is 0 Å². The summed E-state index contributed by atoms with van der Waals surface area (Å²) >= 11 is 0. The number of aromatic nitrogens is 1. The molecule has 1 heterocycles. The largest absolute Gasteiger partial charge is 0.373 e. The van der Waals surface area contributed by atoms with E-state index in [0.29, 0.717) is 12.3 Å². The summed E-state index contributed by atoms with van der Waals surface area (Å²) in [5.74, 6) is 1.49. The van der Waals surface area contributed by atoms with Crippen molar-refractivity contribution in [3.63, 3.8) is 0 Å². The molecule has 1 saturated carbocycles. The molecule has 5 heteroatoms. The fraction of sp³-hybridized carbons (Fsp3) is 0.571. The molecule has 0 spiro atoms. The van der Waals surface area contributed by atoms with Crippen molar-refractivity contribution in [2.24, 2.45) is 5.92 Å². The summed E-state index contributed by atoms with van der Waals surface area (Å²) in [6.45, 7) is 0. The lowest BCUT2D eigenvalue weighted by molar-refractivity contribution is -0.117. The molecule has 1 aliphatic carbocycles. The predicted octanol–water partition coefficient (Wildman–Crippen LogP) is 3.45. The highest BCUT2D eigenvalue weighted by Gasteiger charge is 2.16. The van der Waals surface area contributed by atoms with Crippen LogP contribution in [0.5, 0.6) is 0 Å². The van der Waals surface area contributed by atoms with Gasteiger partial charge in [-0.25, -0.2) is 4.98 Å². The van der Waals surface area contributed by atoms with Gasteiger partial charge in [-0.2, -0.15) is 0 Å². The number of nitrogens with zero attached hydrogens (tertiary/aromatic N) is 1. The highest BCUT2D eigenvalue weighted by atomic mass is 35.5. The van der Waals surface area contributed by atoms with Gasteiger partial charge in [0.25, 0.3) is 0 Å². The van der Waals surface area contributed by atoms with Crippen LogP contribution in [0.1, 0.15) is 38.5 Å². The van der Waals surface area contributed by atoms with E-state index in [0.717, 1.165) is 11.5 Å². The van der Waals surface area contributed by atoms with Gasteiger partial charge in [-0.1, -0.05) is 19.3 Å². The third kappa shape index (κ3) is 5.07. The molecule has 0 saturated heterocycles. The lowest BCUT2D eigenvalue weighted by Crippen LogP contribution is -2.18. The van der Waals surface area contributed by atoms with Gasteiger partial charge in [0, 0.05) is 13.5 Å². The molecule has 1 fully saturated rings. The van der Waals surface area contributed by atoms with Crippen LogP contribution in [0.2, 0.25) is 0 Å². The molecule has 106 valence electrons. The van der Waals surface area contributed by atoms with Crippen molar-refractivity contribution in [2.45, 2.75) is 38.5 Å². The first kappa shape index (κ1) is 15.8. The van der Waals surface area contributed by atoms with Crippen molar-refractivity contribution in [2.75, 3.05) is 17.7 Å². The van der Waals surface area contributed by atoms with Gasteiger partial charge in [-0.3, -0.25) is 4.79 Å². The molecule has 0 aromatic carbocycles. The number of amides is 1. The number of carbonyl (C=O) groups excluding carboxylic acids is 1. The molecule has 19 heavy (non-hydrogen) atoms. The lowest BCUT2D eigenvalue weighted by atomic mass is 9.87. The number of hydrogen-bond acceptors (Lipinski definition) is 3. The average Bonchev–Trinajstić information content (AvgIpc) is 2.40. The Hall–Kier alpha value is -1.29. The first-order chi connectivity index (χ1) is 8.78. The molecule has 0 bridgehead atoms. The molecular formula is C14H22ClN3O. The number of anilines is 2. The molecule has 0 radical (unpaired) electrons. The van der Waals surface area contributed by atoms with Crippen LogP contribution in [0.3, 0.4) is 0 Å². The summed E-state index contributed by atoms with van der Waals surface area (Å²) in [5.41, 5.74) is 0.773. The molecule has 0 unspecified atom stereocenters. The van der Waals surface area contributed by atoms with Crippen LogP contribution >= 0.6 is 12.4 Å². The standard InChI is InChI=1S/C14H21N3O.ClH/c1-15-13-8-7-12(10-16-13)17-14(18)9-11-5-3-2-4-6-11;/h7-8,10-11H,2-6,9H2,1H3,(H,15,16)(H,17,18);1H. The van der Waals surface area contributed by atoms with Crippen LogP contribution in [0.25, 0.3) is 0 Å². The zero-order valence-corrected chi connectivity index (χ0v) is 12.1. The summed E-state index contributed by atoms with van der Waals surface area (Å²) in [6, 6.07) is 3.73. The summed E-state index contributed by atoms with van der Waals surface area (Å²) in [7, 11) is 1.82. The van der Waals surface area contributed by atoms with E-state index in [2.05, 4.69) is 15.6 Å². The quantitative estimate of drug-likeness (QED) is 0.890. The van der Waals surface area contributed by atoms with Crippen LogP contribution in [0, 0.1) is 5.92 Å². The van der Waals surface area contributed by atoms with Gasteiger partial charge >= 0.3 is 0 Å². The Bertz CT molecular complexity index is 388. The zero-order valence-electron chi connectivity index (χ0n) is 11.3. The third-order valence-electron chi connectivity index (χ3n) is 3.50. The second-order valence-electron chi connectivity index (χ2n) is 4.94. The van der Waals surface area contributed by atoms with E-state index in [1.165, 1.54) is 32.1 Å². The molecular weight excluding hydrogens is 262 g/mol. The maximum absolute atomic E-state index is 11.9. The van der Waals surface area contributed by atoms with Crippen LogP contribution in [-0.4, -0.2) is 17.9 Å². The topological polar surface area (TPSA) is 54.0 Å². The number of hydrogen-bond donors (Lipinski definition) is 2. The fourth-order valence-electron chi connectivity index (χ4n) is 2.48. The molecule has 1 aliphatic rings. The maximum Gasteiger partial charge on any atom is 0.224 e. The molecule has 2 N–H and O–H groups in total. The molecule has 1 aromatic heterocycles. The van der Waals surface area contributed by atoms with E-state index in [4.69, 9.17) is 0 Å². The predicted molar refractivity (Wildman–Crippen MR) is 80.9 cm³/mol. The van der Waals surface area contributed by atoms with Crippen LogP contribution in [0.4, 0.5) is 11.5 Å². The van der Waals surface area contributed by atoms with Crippen molar-refractivity contribution in [3.8, 4) is 0 Å². The number of pyridine rings is 1. The van der Waals surface area contributed by atoms with Gasteiger partial charge in [0.05, 0.1) is 11.9 Å². The summed E-state index contributed by atoms with van der Waals surface area (Å²) < 4.78 is 0. The first-order valence-corrected chi connectivity index (χ1v) is 6.71. The number of halogens is 1. The van der Waals surface area contributed by atoms with Crippen molar-refractivity contribution in [1.29, 1.82) is 0 Å². The third-order valence-corrected chi connectivity index (χ3v) is 3.50. The second-order valence-corrected chi connectivity index (χ2v) is 4.94. The SMILES string of the molecule is CNc1ccc(NC(=O)CC2CCCCC2)cn1.Cl. The van der Waals surface area contributed by atoms with Crippen LogP contribution < -0.4 is 10.6 Å². The van der Waals surface area contributed by atoms with Gasteiger partial charge < -0.3 is 10.6 Å². The Kier molecular flexibility index (Phi) is 6.64. The average molecular weight is 284 g/mol. The Morgan fingerprint density at radius 3 is 2.63 bits per heavy atom. The molecule has 0 atom stereocenters. The highest BCUT2D eigenvalue weighted by Crippen LogP contribution is 2.26. The molecule has 4 nitrogen and oxygen atoms in total. The van der Waals surface area contributed by atoms with E-state index in [9.17, 15) is 4.79 Å². The van der Waals surface area contributed by atoms with Crippen molar-refractivity contribution >= 4 is 29.8 Å². The first-order valence-electron chi connectivity index (χ1n) is 6.71. The minimum Gasteiger partial charge on any atom is -0.373 e. The minimum atomic E-state index is 0. The van der Waals surface area contributed by atoms with Gasteiger partial charge in [-0.15, -0.1) is 12.4 Å². The Morgan fingerprint density at radius 2 is 2.05 bits per heavy atom. The molecule has 2 rings (SSSR count). The van der Waals surface area contributed by atoms with Gasteiger partial charge in [-0.05, 0) is 30.9 Å². The van der Waals surface area contributed by atoms with Crippen LogP contribution in [0.15, 0.2) is 18.3 Å². The molecule has 1 aromatic rings. The van der Waals surface area contributed by atoms with Gasteiger partial charge in [0.1, 0.15) is 5.82 Å². The van der Waals surface area contributed by atoms with E-state index in [1.54, 1.807) is 6.20 Å². The Balaban J connectivity index is 0.00000180. The lowest BCUT2D eigenvalue weighted by Gasteiger charge is -2.20. The number of nitrogens with one attached hydrogen (secondary N) is 2. The van der Waals surface area contributed by atoms with E-state index in [1.807, 2.05) is 19.2 Å². The number of carbonyl (C=O) groups is 1. The fourth-order valence-corrected chi connectivity index (χ4v) is 2.48. The summed E-state index contributed by atoms with van der Waals surface area (Å²) in [4.78, 5) is 16.1. The Morgan fingerprint density at radius 1 is 1.32 bits per heavy atom. The van der Waals surface area contributed by atoms with E-state index >= 15 is 0 Å². The van der Waals surface area contributed by atoms with Crippen molar-refractivity contribution < 1.29 is 4.79 Å². The highest BCUT2D eigenvalue weighted by molar-refractivity contribution is 5.90. The smallest absolute Gasteiger partial charge is 0.224 e. The van der Waals surface area contributed by atoms with Crippen molar-refractivity contribution in [3.05, 3.63) is 18.3 Å². The monoisotopic (exact) mass is 283 g/mol. The maximum atomic E-state index is 11.9. The summed E-state index contributed by atoms with van der Waals surface area (Å²) in [5, 5.41) is 5.86. The summed E-state index contributed by atoms with van der Waals surface area (Å²) in [6.07, 6.45) is 8.60. The molecule has 1 amide bonds.